The fraction of sp³-hybridized carbons (Fsp3) is 0.714. The minimum atomic E-state index is -0.509. The first-order chi connectivity index (χ1) is 8.45. The molecule has 1 heterocycles. The molecule has 1 aliphatic carbocycles. The average Bonchev–Trinajstić information content (AvgIpc) is 2.65. The van der Waals surface area contributed by atoms with Crippen LogP contribution in [0.3, 0.4) is 0 Å². The summed E-state index contributed by atoms with van der Waals surface area (Å²) >= 11 is 0. The van der Waals surface area contributed by atoms with Gasteiger partial charge < -0.3 is 9.30 Å². The van der Waals surface area contributed by atoms with Crippen LogP contribution < -0.4 is 0 Å². The molecule has 0 bridgehead atoms. The standard InChI is InChI=1S/C14H22N2O2/c1-10-15-11-7-5-6-8-12(11)16(10)9-14(2,3)13(17)18-4/h5-9H2,1-4H3. The van der Waals surface area contributed by atoms with Gasteiger partial charge in [0.1, 0.15) is 5.82 Å². The van der Waals surface area contributed by atoms with Gasteiger partial charge in [0.05, 0.1) is 18.2 Å². The Hall–Kier alpha value is -1.32. The number of aromatic nitrogens is 2. The summed E-state index contributed by atoms with van der Waals surface area (Å²) in [4.78, 5) is 16.4. The Balaban J connectivity index is 2.29. The number of methoxy groups -OCH3 is 1. The molecule has 0 aliphatic heterocycles. The van der Waals surface area contributed by atoms with Gasteiger partial charge in [-0.2, -0.15) is 0 Å². The van der Waals surface area contributed by atoms with Crippen LogP contribution in [0.4, 0.5) is 0 Å². The lowest BCUT2D eigenvalue weighted by Gasteiger charge is -2.25. The first kappa shape index (κ1) is 13.1. The molecule has 4 nitrogen and oxygen atoms in total. The van der Waals surface area contributed by atoms with Crippen molar-refractivity contribution in [2.75, 3.05) is 7.11 Å². The molecule has 0 spiro atoms. The number of ether oxygens (including phenoxy) is 1. The average molecular weight is 250 g/mol. The maximum absolute atomic E-state index is 11.8. The van der Waals surface area contributed by atoms with Gasteiger partial charge in [-0.15, -0.1) is 0 Å². The van der Waals surface area contributed by atoms with Crippen molar-refractivity contribution in [2.24, 2.45) is 5.41 Å². The van der Waals surface area contributed by atoms with Gasteiger partial charge >= 0.3 is 5.97 Å². The molecule has 2 rings (SSSR count). The molecular weight excluding hydrogens is 228 g/mol. The van der Waals surface area contributed by atoms with E-state index in [0.29, 0.717) is 6.54 Å². The van der Waals surface area contributed by atoms with E-state index in [1.54, 1.807) is 0 Å². The van der Waals surface area contributed by atoms with Gasteiger partial charge in [-0.3, -0.25) is 4.79 Å². The molecule has 0 fully saturated rings. The summed E-state index contributed by atoms with van der Waals surface area (Å²) in [7, 11) is 1.44. The summed E-state index contributed by atoms with van der Waals surface area (Å²) in [6.45, 7) is 6.51. The third kappa shape index (κ3) is 2.28. The summed E-state index contributed by atoms with van der Waals surface area (Å²) in [5, 5.41) is 0. The fourth-order valence-corrected chi connectivity index (χ4v) is 2.68. The van der Waals surface area contributed by atoms with Crippen LogP contribution in [0.5, 0.6) is 0 Å². The molecule has 100 valence electrons. The van der Waals surface area contributed by atoms with Crippen LogP contribution in [0.2, 0.25) is 0 Å². The zero-order chi connectivity index (χ0) is 13.3. The van der Waals surface area contributed by atoms with Gasteiger partial charge in [-0.05, 0) is 46.5 Å². The van der Waals surface area contributed by atoms with Crippen molar-refractivity contribution in [3.63, 3.8) is 0 Å². The Morgan fingerprint density at radius 1 is 1.39 bits per heavy atom. The molecule has 1 aromatic heterocycles. The van der Waals surface area contributed by atoms with Crippen molar-refractivity contribution < 1.29 is 9.53 Å². The molecule has 0 atom stereocenters. The smallest absolute Gasteiger partial charge is 0.313 e. The molecule has 18 heavy (non-hydrogen) atoms. The molecule has 0 saturated carbocycles. The zero-order valence-corrected chi connectivity index (χ0v) is 11.7. The van der Waals surface area contributed by atoms with Crippen molar-refractivity contribution in [1.82, 2.24) is 9.55 Å². The number of fused-ring (bicyclic) bond motifs is 1. The molecule has 0 unspecified atom stereocenters. The molecule has 1 aromatic rings. The van der Waals surface area contributed by atoms with Crippen molar-refractivity contribution in [3.8, 4) is 0 Å². The van der Waals surface area contributed by atoms with Crippen molar-refractivity contribution in [2.45, 2.75) is 53.0 Å². The summed E-state index contributed by atoms with van der Waals surface area (Å²) in [5.41, 5.74) is 2.03. The van der Waals surface area contributed by atoms with Gasteiger partial charge in [0.2, 0.25) is 0 Å². The highest BCUT2D eigenvalue weighted by Crippen LogP contribution is 2.27. The van der Waals surface area contributed by atoms with Crippen LogP contribution in [0.1, 0.15) is 43.9 Å². The SMILES string of the molecule is COC(=O)C(C)(C)Cn1c(C)nc2c1CCCC2. The Labute approximate surface area is 108 Å². The van der Waals surface area contributed by atoms with Crippen LogP contribution >= 0.6 is 0 Å². The van der Waals surface area contributed by atoms with Crippen LogP contribution in [-0.2, 0) is 28.9 Å². The minimum Gasteiger partial charge on any atom is -0.469 e. The monoisotopic (exact) mass is 250 g/mol. The Morgan fingerprint density at radius 2 is 2.06 bits per heavy atom. The van der Waals surface area contributed by atoms with Crippen molar-refractivity contribution >= 4 is 5.97 Å². The van der Waals surface area contributed by atoms with E-state index < -0.39 is 5.41 Å². The van der Waals surface area contributed by atoms with Crippen LogP contribution in [0, 0.1) is 12.3 Å². The van der Waals surface area contributed by atoms with E-state index in [4.69, 9.17) is 4.74 Å². The predicted molar refractivity (Wildman–Crippen MR) is 69.4 cm³/mol. The maximum Gasteiger partial charge on any atom is 0.313 e. The highest BCUT2D eigenvalue weighted by atomic mass is 16.5. The third-order valence-electron chi connectivity index (χ3n) is 3.71. The van der Waals surface area contributed by atoms with Crippen molar-refractivity contribution in [3.05, 3.63) is 17.2 Å². The fourth-order valence-electron chi connectivity index (χ4n) is 2.68. The summed E-state index contributed by atoms with van der Waals surface area (Å²) in [6, 6.07) is 0. The second kappa shape index (κ2) is 4.75. The van der Waals surface area contributed by atoms with E-state index in [-0.39, 0.29) is 5.97 Å². The summed E-state index contributed by atoms with van der Waals surface area (Å²) in [5.74, 6) is 0.846. The number of aryl methyl sites for hydroxylation is 2. The predicted octanol–water partition coefficient (Wildman–Crippen LogP) is 2.27. The Kier molecular flexibility index (Phi) is 3.46. The van der Waals surface area contributed by atoms with Gasteiger partial charge in [-0.1, -0.05) is 0 Å². The van der Waals surface area contributed by atoms with Gasteiger partial charge in [0.25, 0.3) is 0 Å². The second-order valence-corrected chi connectivity index (χ2v) is 5.72. The van der Waals surface area contributed by atoms with E-state index in [0.717, 1.165) is 18.7 Å². The van der Waals surface area contributed by atoms with Crippen molar-refractivity contribution in [1.29, 1.82) is 0 Å². The second-order valence-electron chi connectivity index (χ2n) is 5.72. The quantitative estimate of drug-likeness (QED) is 0.773. The molecule has 4 heteroatoms. The molecule has 1 aliphatic rings. The molecule has 0 radical (unpaired) electrons. The molecular formula is C14H22N2O2. The molecule has 0 aromatic carbocycles. The van der Waals surface area contributed by atoms with Gasteiger partial charge in [0.15, 0.2) is 0 Å². The number of imidazole rings is 1. The lowest BCUT2D eigenvalue weighted by atomic mass is 9.92. The van der Waals surface area contributed by atoms with Crippen LogP contribution in [0.15, 0.2) is 0 Å². The summed E-state index contributed by atoms with van der Waals surface area (Å²) in [6.07, 6.45) is 4.59. The maximum atomic E-state index is 11.8. The van der Waals surface area contributed by atoms with E-state index in [2.05, 4.69) is 9.55 Å². The Bertz CT molecular complexity index is 461. The topological polar surface area (TPSA) is 44.1 Å². The van der Waals surface area contributed by atoms with Crippen LogP contribution in [-0.4, -0.2) is 22.6 Å². The molecule has 0 amide bonds. The molecule has 0 N–H and O–H groups in total. The largest absolute Gasteiger partial charge is 0.469 e. The number of hydrogen-bond donors (Lipinski definition) is 0. The van der Waals surface area contributed by atoms with E-state index >= 15 is 0 Å². The first-order valence-electron chi connectivity index (χ1n) is 6.59. The van der Waals surface area contributed by atoms with Gasteiger partial charge in [-0.25, -0.2) is 4.98 Å². The number of carbonyl (C=O) groups is 1. The van der Waals surface area contributed by atoms with E-state index in [9.17, 15) is 4.79 Å². The summed E-state index contributed by atoms with van der Waals surface area (Å²) < 4.78 is 7.07. The van der Waals surface area contributed by atoms with Gasteiger partial charge in [0, 0.05) is 12.2 Å². The lowest BCUT2D eigenvalue weighted by Crippen LogP contribution is -2.31. The number of nitrogens with zero attached hydrogens (tertiary/aromatic N) is 2. The highest BCUT2D eigenvalue weighted by molar-refractivity contribution is 5.75. The van der Waals surface area contributed by atoms with E-state index in [1.807, 2.05) is 20.8 Å². The number of hydrogen-bond acceptors (Lipinski definition) is 3. The Morgan fingerprint density at radius 3 is 2.72 bits per heavy atom. The van der Waals surface area contributed by atoms with E-state index in [1.165, 1.54) is 31.3 Å². The molecule has 0 saturated heterocycles. The van der Waals surface area contributed by atoms with Crippen LogP contribution in [0.25, 0.3) is 0 Å². The normalized spacial score (nSPS) is 15.3. The third-order valence-corrected chi connectivity index (χ3v) is 3.71. The lowest BCUT2D eigenvalue weighted by molar-refractivity contribution is -0.151. The number of carbonyl (C=O) groups excluding carboxylic acids is 1. The first-order valence-corrected chi connectivity index (χ1v) is 6.59. The minimum absolute atomic E-state index is 0.167. The highest BCUT2D eigenvalue weighted by Gasteiger charge is 2.31. The number of esters is 1. The number of rotatable bonds is 3. The zero-order valence-electron chi connectivity index (χ0n) is 11.7.